The summed E-state index contributed by atoms with van der Waals surface area (Å²) in [5.74, 6) is -2.20. The van der Waals surface area contributed by atoms with Gasteiger partial charge >= 0.3 is 0 Å². The molecule has 0 bridgehead atoms. The van der Waals surface area contributed by atoms with Crippen LogP contribution in [0, 0.1) is 11.6 Å². The molecule has 1 amide bonds. The van der Waals surface area contributed by atoms with Crippen molar-refractivity contribution in [1.82, 2.24) is 5.32 Å². The van der Waals surface area contributed by atoms with Crippen LogP contribution in [0.25, 0.3) is 0 Å². The Morgan fingerprint density at radius 2 is 1.83 bits per heavy atom. The van der Waals surface area contributed by atoms with Gasteiger partial charge in [-0.3, -0.25) is 4.79 Å². The molecule has 0 saturated carbocycles. The Balaban J connectivity index is 1.90. The van der Waals surface area contributed by atoms with Gasteiger partial charge in [-0.1, -0.05) is 30.3 Å². The number of hydrogen-bond acceptors (Lipinski definition) is 2. The van der Waals surface area contributed by atoms with Crippen LogP contribution >= 0.6 is 0 Å². The van der Waals surface area contributed by atoms with E-state index in [-0.39, 0.29) is 12.2 Å². The van der Waals surface area contributed by atoms with Crippen molar-refractivity contribution in [2.75, 3.05) is 6.61 Å². The second-order valence-corrected chi connectivity index (χ2v) is 5.94. The van der Waals surface area contributed by atoms with Crippen LogP contribution < -0.4 is 5.32 Å². The van der Waals surface area contributed by atoms with Gasteiger partial charge < -0.3 is 10.1 Å². The first-order valence-corrected chi connectivity index (χ1v) is 7.27. The van der Waals surface area contributed by atoms with Gasteiger partial charge in [0.15, 0.2) is 0 Å². The Kier molecular flexibility index (Phi) is 5.45. The van der Waals surface area contributed by atoms with Crippen LogP contribution in [-0.4, -0.2) is 18.1 Å². The molecule has 0 aromatic heterocycles. The summed E-state index contributed by atoms with van der Waals surface area (Å²) >= 11 is 0. The van der Waals surface area contributed by atoms with Crippen LogP contribution in [0.3, 0.4) is 0 Å². The number of amides is 1. The molecule has 2 aromatic carbocycles. The first-order valence-electron chi connectivity index (χ1n) is 7.27. The molecule has 0 aliphatic rings. The summed E-state index contributed by atoms with van der Waals surface area (Å²) in [5.41, 5.74) is 0.147. The number of ether oxygens (including phenoxy) is 1. The third kappa shape index (κ3) is 5.14. The van der Waals surface area contributed by atoms with Crippen molar-refractivity contribution < 1.29 is 18.3 Å². The first-order chi connectivity index (χ1) is 10.9. The van der Waals surface area contributed by atoms with Crippen LogP contribution in [0.1, 0.15) is 29.8 Å². The van der Waals surface area contributed by atoms with E-state index in [4.69, 9.17) is 4.74 Å². The van der Waals surface area contributed by atoms with E-state index in [1.807, 2.05) is 30.3 Å². The normalized spacial score (nSPS) is 11.3. The number of benzene rings is 2. The SMILES string of the molecule is CC(C)(COCc1ccccc1)NC(=O)c1ccc(F)cc1F. The van der Waals surface area contributed by atoms with Crippen molar-refractivity contribution >= 4 is 5.91 Å². The minimum absolute atomic E-state index is 0.192. The van der Waals surface area contributed by atoms with E-state index in [2.05, 4.69) is 5.32 Å². The Bertz CT molecular complexity index is 672. The lowest BCUT2D eigenvalue weighted by molar-refractivity contribution is 0.0615. The van der Waals surface area contributed by atoms with Gasteiger partial charge in [-0.2, -0.15) is 0 Å². The van der Waals surface area contributed by atoms with Gasteiger partial charge in [-0.25, -0.2) is 8.78 Å². The fourth-order valence-corrected chi connectivity index (χ4v) is 2.08. The fourth-order valence-electron chi connectivity index (χ4n) is 2.08. The summed E-state index contributed by atoms with van der Waals surface area (Å²) < 4.78 is 32.1. The molecule has 23 heavy (non-hydrogen) atoms. The zero-order valence-electron chi connectivity index (χ0n) is 13.1. The Hall–Kier alpha value is -2.27. The molecule has 2 rings (SSSR count). The van der Waals surface area contributed by atoms with E-state index in [9.17, 15) is 13.6 Å². The lowest BCUT2D eigenvalue weighted by atomic mass is 10.1. The van der Waals surface area contributed by atoms with Crippen LogP contribution in [0.5, 0.6) is 0 Å². The molecule has 122 valence electrons. The van der Waals surface area contributed by atoms with Crippen molar-refractivity contribution in [3.63, 3.8) is 0 Å². The molecule has 0 aliphatic heterocycles. The standard InChI is InChI=1S/C18H19F2NO2/c1-18(2,12-23-11-13-6-4-3-5-7-13)21-17(22)15-9-8-14(19)10-16(15)20/h3-10H,11-12H2,1-2H3,(H,21,22). The van der Waals surface area contributed by atoms with E-state index in [0.717, 1.165) is 17.7 Å². The molecular formula is C18H19F2NO2. The number of carbonyl (C=O) groups is 1. The van der Waals surface area contributed by atoms with E-state index in [1.54, 1.807) is 13.8 Å². The molecule has 0 fully saturated rings. The lowest BCUT2D eigenvalue weighted by Gasteiger charge is -2.26. The summed E-state index contributed by atoms with van der Waals surface area (Å²) in [5, 5.41) is 2.69. The lowest BCUT2D eigenvalue weighted by Crippen LogP contribution is -2.47. The van der Waals surface area contributed by atoms with Gasteiger partial charge in [0, 0.05) is 6.07 Å². The molecule has 0 spiro atoms. The topological polar surface area (TPSA) is 38.3 Å². The quantitative estimate of drug-likeness (QED) is 0.882. The predicted octanol–water partition coefficient (Wildman–Crippen LogP) is 3.69. The second kappa shape index (κ2) is 7.33. The maximum atomic E-state index is 13.6. The second-order valence-electron chi connectivity index (χ2n) is 5.94. The zero-order valence-corrected chi connectivity index (χ0v) is 13.1. The monoisotopic (exact) mass is 319 g/mol. The molecule has 0 saturated heterocycles. The highest BCUT2D eigenvalue weighted by atomic mass is 19.1. The third-order valence-electron chi connectivity index (χ3n) is 3.20. The highest BCUT2D eigenvalue weighted by Gasteiger charge is 2.23. The molecule has 0 atom stereocenters. The summed E-state index contributed by atoms with van der Waals surface area (Å²) in [6.07, 6.45) is 0. The smallest absolute Gasteiger partial charge is 0.254 e. The van der Waals surface area contributed by atoms with Gasteiger partial charge in [-0.15, -0.1) is 0 Å². The van der Waals surface area contributed by atoms with Gasteiger partial charge in [0.25, 0.3) is 5.91 Å². The van der Waals surface area contributed by atoms with Crippen LogP contribution in [0.2, 0.25) is 0 Å². The minimum Gasteiger partial charge on any atom is -0.374 e. The summed E-state index contributed by atoms with van der Waals surface area (Å²) in [7, 11) is 0. The summed E-state index contributed by atoms with van der Waals surface area (Å²) in [4.78, 5) is 12.1. The van der Waals surface area contributed by atoms with E-state index >= 15 is 0 Å². The van der Waals surface area contributed by atoms with Crippen molar-refractivity contribution in [2.24, 2.45) is 0 Å². The first kappa shape index (κ1) is 17.1. The summed E-state index contributed by atoms with van der Waals surface area (Å²) in [6, 6.07) is 12.5. The minimum atomic E-state index is -0.886. The Morgan fingerprint density at radius 1 is 1.13 bits per heavy atom. The largest absolute Gasteiger partial charge is 0.374 e. The molecule has 0 heterocycles. The number of rotatable bonds is 6. The molecule has 1 N–H and O–H groups in total. The molecule has 3 nitrogen and oxygen atoms in total. The van der Waals surface area contributed by atoms with Crippen molar-refractivity contribution in [3.05, 3.63) is 71.3 Å². The predicted molar refractivity (Wildman–Crippen MR) is 84.0 cm³/mol. The third-order valence-corrected chi connectivity index (χ3v) is 3.20. The van der Waals surface area contributed by atoms with Crippen LogP contribution in [0.15, 0.2) is 48.5 Å². The molecule has 2 aromatic rings. The Morgan fingerprint density at radius 3 is 2.48 bits per heavy atom. The van der Waals surface area contributed by atoms with Crippen LogP contribution in [-0.2, 0) is 11.3 Å². The fraction of sp³-hybridized carbons (Fsp3) is 0.278. The van der Waals surface area contributed by atoms with E-state index in [0.29, 0.717) is 12.7 Å². The number of hydrogen-bond donors (Lipinski definition) is 1. The highest BCUT2D eigenvalue weighted by molar-refractivity contribution is 5.94. The van der Waals surface area contributed by atoms with Crippen LogP contribution in [0.4, 0.5) is 8.78 Å². The molecule has 0 radical (unpaired) electrons. The molecule has 0 unspecified atom stereocenters. The molecule has 5 heteroatoms. The van der Waals surface area contributed by atoms with E-state index < -0.39 is 23.1 Å². The zero-order chi connectivity index (χ0) is 16.9. The maximum Gasteiger partial charge on any atom is 0.254 e. The van der Waals surface area contributed by atoms with Gasteiger partial charge in [0.2, 0.25) is 0 Å². The van der Waals surface area contributed by atoms with E-state index in [1.165, 1.54) is 0 Å². The summed E-state index contributed by atoms with van der Waals surface area (Å²) in [6.45, 7) is 4.23. The number of carbonyl (C=O) groups excluding carboxylic acids is 1. The van der Waals surface area contributed by atoms with Crippen molar-refractivity contribution in [3.8, 4) is 0 Å². The van der Waals surface area contributed by atoms with Gasteiger partial charge in [0.05, 0.1) is 24.3 Å². The van der Waals surface area contributed by atoms with Gasteiger partial charge in [0.1, 0.15) is 11.6 Å². The Labute approximate surface area is 134 Å². The average molecular weight is 319 g/mol. The van der Waals surface area contributed by atoms with Gasteiger partial charge in [-0.05, 0) is 31.5 Å². The maximum absolute atomic E-state index is 13.6. The average Bonchev–Trinajstić information content (AvgIpc) is 2.47. The number of halogens is 2. The van der Waals surface area contributed by atoms with Crippen molar-refractivity contribution in [2.45, 2.75) is 26.0 Å². The molecule has 0 aliphatic carbocycles. The highest BCUT2D eigenvalue weighted by Crippen LogP contribution is 2.12. The van der Waals surface area contributed by atoms with Crippen molar-refractivity contribution in [1.29, 1.82) is 0 Å². The molecular weight excluding hydrogens is 300 g/mol. The number of nitrogens with one attached hydrogen (secondary N) is 1.